The third kappa shape index (κ3) is 4.66. The lowest BCUT2D eigenvalue weighted by atomic mass is 10.2. The number of aromatic nitrogens is 1. The molecule has 0 aliphatic heterocycles. The summed E-state index contributed by atoms with van der Waals surface area (Å²) in [6, 6.07) is 6.23. The molecule has 2 aromatic rings. The van der Waals surface area contributed by atoms with Crippen molar-refractivity contribution >= 4 is 19.4 Å². The highest BCUT2D eigenvalue weighted by Crippen LogP contribution is 2.09. The van der Waals surface area contributed by atoms with Crippen molar-refractivity contribution in [1.29, 1.82) is 0 Å². The van der Waals surface area contributed by atoms with Crippen molar-refractivity contribution in [3.05, 3.63) is 51.7 Å². The Labute approximate surface area is 123 Å². The average Bonchev–Trinajstić information content (AvgIpc) is 2.81. The van der Waals surface area contributed by atoms with Gasteiger partial charge in [-0.15, -0.1) is 16.9 Å². The number of hydrogen-bond donors (Lipinski definition) is 0. The predicted molar refractivity (Wildman–Crippen MR) is 84.7 cm³/mol. The average molecular weight is 299 g/mol. The molecular formula is C16H14FNSSi. The van der Waals surface area contributed by atoms with E-state index in [2.05, 4.69) is 47.9 Å². The number of halogens is 1. The highest BCUT2D eigenvalue weighted by Gasteiger charge is 2.07. The van der Waals surface area contributed by atoms with Gasteiger partial charge in [-0.05, 0) is 30.0 Å². The zero-order chi connectivity index (χ0) is 14.6. The van der Waals surface area contributed by atoms with E-state index in [0.717, 1.165) is 5.01 Å². The minimum Gasteiger partial charge on any atom is -0.219 e. The van der Waals surface area contributed by atoms with Gasteiger partial charge < -0.3 is 0 Å². The molecule has 0 unspecified atom stereocenters. The quantitative estimate of drug-likeness (QED) is 0.531. The van der Waals surface area contributed by atoms with E-state index in [9.17, 15) is 4.39 Å². The minimum absolute atomic E-state index is 0.281. The van der Waals surface area contributed by atoms with Gasteiger partial charge in [0.1, 0.15) is 19.6 Å². The summed E-state index contributed by atoms with van der Waals surface area (Å²) in [6.07, 6.45) is 0. The molecule has 1 heterocycles. The molecule has 0 atom stereocenters. The van der Waals surface area contributed by atoms with Crippen LogP contribution in [0.1, 0.15) is 16.3 Å². The van der Waals surface area contributed by atoms with Crippen molar-refractivity contribution in [3.8, 4) is 23.3 Å². The Morgan fingerprint density at radius 1 is 1.15 bits per heavy atom. The Kier molecular flexibility index (Phi) is 4.39. The van der Waals surface area contributed by atoms with Gasteiger partial charge in [-0.1, -0.05) is 31.6 Å². The topological polar surface area (TPSA) is 12.9 Å². The second-order valence-corrected chi connectivity index (χ2v) is 10.9. The summed E-state index contributed by atoms with van der Waals surface area (Å²) in [6.45, 7) is 6.58. The molecule has 0 saturated carbocycles. The van der Waals surface area contributed by atoms with Crippen molar-refractivity contribution in [1.82, 2.24) is 4.98 Å². The molecule has 1 aromatic heterocycles. The first-order chi connectivity index (χ1) is 9.42. The standard InChI is InChI=1S/C16H14FNSSi/c1-20(2,3)10-9-16-18-15(12-19-16)8-7-13-5-4-6-14(17)11-13/h4-6,11-12H,1-3H3. The molecule has 4 heteroatoms. The van der Waals surface area contributed by atoms with Gasteiger partial charge in [-0.2, -0.15) is 0 Å². The minimum atomic E-state index is -1.38. The van der Waals surface area contributed by atoms with Crippen molar-refractivity contribution in [2.45, 2.75) is 19.6 Å². The third-order valence-electron chi connectivity index (χ3n) is 2.21. The largest absolute Gasteiger partial charge is 0.219 e. The molecule has 0 aliphatic rings. The maximum atomic E-state index is 13.0. The Hall–Kier alpha value is -1.88. The molecule has 0 radical (unpaired) electrons. The van der Waals surface area contributed by atoms with Gasteiger partial charge in [0.05, 0.1) is 0 Å². The van der Waals surface area contributed by atoms with E-state index in [0.29, 0.717) is 11.3 Å². The molecular weight excluding hydrogens is 285 g/mol. The molecule has 0 amide bonds. The number of thiazole rings is 1. The van der Waals surface area contributed by atoms with Crippen LogP contribution in [0.15, 0.2) is 29.6 Å². The first-order valence-electron chi connectivity index (χ1n) is 6.19. The van der Waals surface area contributed by atoms with Gasteiger partial charge in [0.15, 0.2) is 5.01 Å². The van der Waals surface area contributed by atoms with Crippen molar-refractivity contribution < 1.29 is 4.39 Å². The predicted octanol–water partition coefficient (Wildman–Crippen LogP) is 3.91. The molecule has 1 nitrogen and oxygen atoms in total. The summed E-state index contributed by atoms with van der Waals surface area (Å²) >= 11 is 1.49. The Morgan fingerprint density at radius 2 is 1.95 bits per heavy atom. The Balaban J connectivity index is 2.16. The summed E-state index contributed by atoms with van der Waals surface area (Å²) < 4.78 is 13.0. The van der Waals surface area contributed by atoms with E-state index in [4.69, 9.17) is 0 Å². The SMILES string of the molecule is C[Si](C)(C)C#Cc1nc(C#Cc2cccc(F)c2)cs1. The van der Waals surface area contributed by atoms with Crippen LogP contribution in [0.3, 0.4) is 0 Å². The van der Waals surface area contributed by atoms with E-state index in [1.165, 1.54) is 23.5 Å². The lowest BCUT2D eigenvalue weighted by molar-refractivity contribution is 0.627. The number of hydrogen-bond acceptors (Lipinski definition) is 2. The number of benzene rings is 1. The summed E-state index contributed by atoms with van der Waals surface area (Å²) in [5.41, 5.74) is 4.60. The first-order valence-corrected chi connectivity index (χ1v) is 10.6. The Bertz CT molecular complexity index is 735. The Morgan fingerprint density at radius 3 is 2.65 bits per heavy atom. The van der Waals surface area contributed by atoms with Crippen LogP contribution in [0.25, 0.3) is 0 Å². The van der Waals surface area contributed by atoms with Gasteiger partial charge in [0, 0.05) is 10.9 Å². The molecule has 1 aromatic carbocycles. The zero-order valence-corrected chi connectivity index (χ0v) is 13.4. The van der Waals surface area contributed by atoms with Crippen molar-refractivity contribution in [2.24, 2.45) is 0 Å². The van der Waals surface area contributed by atoms with Crippen LogP contribution in [0.5, 0.6) is 0 Å². The molecule has 0 N–H and O–H groups in total. The molecule has 2 rings (SSSR count). The van der Waals surface area contributed by atoms with Crippen molar-refractivity contribution in [3.63, 3.8) is 0 Å². The highest BCUT2D eigenvalue weighted by atomic mass is 32.1. The second-order valence-electron chi connectivity index (χ2n) is 5.30. The molecule has 0 spiro atoms. The molecule has 0 aliphatic carbocycles. The number of nitrogens with zero attached hydrogens (tertiary/aromatic N) is 1. The van der Waals surface area contributed by atoms with Crippen LogP contribution in [-0.2, 0) is 0 Å². The fourth-order valence-corrected chi connectivity index (χ4v) is 2.51. The van der Waals surface area contributed by atoms with Crippen LogP contribution in [0, 0.1) is 29.1 Å². The van der Waals surface area contributed by atoms with Crippen LogP contribution in [-0.4, -0.2) is 13.1 Å². The molecule has 100 valence electrons. The van der Waals surface area contributed by atoms with E-state index in [-0.39, 0.29) is 5.82 Å². The first kappa shape index (κ1) is 14.5. The van der Waals surface area contributed by atoms with E-state index >= 15 is 0 Å². The van der Waals surface area contributed by atoms with Gasteiger partial charge in [-0.25, -0.2) is 9.37 Å². The maximum Gasteiger partial charge on any atom is 0.167 e. The molecule has 0 bridgehead atoms. The summed E-state index contributed by atoms with van der Waals surface area (Å²) in [7, 11) is -1.38. The second kappa shape index (κ2) is 6.05. The van der Waals surface area contributed by atoms with Gasteiger partial charge in [0.2, 0.25) is 0 Å². The third-order valence-corrected chi connectivity index (χ3v) is 3.84. The van der Waals surface area contributed by atoms with Crippen LogP contribution in [0.4, 0.5) is 4.39 Å². The lowest BCUT2D eigenvalue weighted by Crippen LogP contribution is -2.16. The smallest absolute Gasteiger partial charge is 0.167 e. The fraction of sp³-hybridized carbons (Fsp3) is 0.188. The number of rotatable bonds is 0. The monoisotopic (exact) mass is 299 g/mol. The highest BCUT2D eigenvalue weighted by molar-refractivity contribution is 7.10. The molecule has 0 fully saturated rings. The zero-order valence-electron chi connectivity index (χ0n) is 11.6. The van der Waals surface area contributed by atoms with Crippen molar-refractivity contribution in [2.75, 3.05) is 0 Å². The summed E-state index contributed by atoms with van der Waals surface area (Å²) in [5.74, 6) is 8.66. The lowest BCUT2D eigenvalue weighted by Gasteiger charge is -2.02. The van der Waals surface area contributed by atoms with Gasteiger partial charge >= 0.3 is 0 Å². The van der Waals surface area contributed by atoms with E-state index < -0.39 is 8.07 Å². The summed E-state index contributed by atoms with van der Waals surface area (Å²) in [4.78, 5) is 4.35. The van der Waals surface area contributed by atoms with E-state index in [1.54, 1.807) is 12.1 Å². The fourth-order valence-electron chi connectivity index (χ4n) is 1.33. The maximum absolute atomic E-state index is 13.0. The van der Waals surface area contributed by atoms with Gasteiger partial charge in [-0.3, -0.25) is 0 Å². The van der Waals surface area contributed by atoms with Crippen LogP contribution in [0.2, 0.25) is 19.6 Å². The van der Waals surface area contributed by atoms with E-state index in [1.807, 2.05) is 5.38 Å². The van der Waals surface area contributed by atoms with Gasteiger partial charge in [0.25, 0.3) is 0 Å². The normalized spacial score (nSPS) is 10.2. The van der Waals surface area contributed by atoms with Crippen LogP contribution >= 0.6 is 11.3 Å². The molecule has 20 heavy (non-hydrogen) atoms. The molecule has 0 saturated heterocycles. The summed E-state index contributed by atoms with van der Waals surface area (Å²) in [5, 5.41) is 2.66. The van der Waals surface area contributed by atoms with Crippen LogP contribution < -0.4 is 0 Å².